The maximum absolute atomic E-state index is 13.6. The number of aliphatic hydroxyl groups excluding tert-OH is 1. The van der Waals surface area contributed by atoms with Crippen LogP contribution in [-0.4, -0.2) is 52.0 Å². The van der Waals surface area contributed by atoms with Crippen molar-refractivity contribution in [2.75, 3.05) is 20.3 Å². The maximum atomic E-state index is 13.6. The third-order valence-electron chi connectivity index (χ3n) is 6.95. The molecule has 36 heavy (non-hydrogen) atoms. The zero-order valence-corrected chi connectivity index (χ0v) is 20.7. The van der Waals surface area contributed by atoms with Crippen LogP contribution in [0.2, 0.25) is 0 Å². The lowest BCUT2D eigenvalue weighted by Gasteiger charge is -2.34. The average molecular weight is 488 g/mol. The highest BCUT2D eigenvalue weighted by atomic mass is 16.5. The zero-order chi connectivity index (χ0) is 24.9. The number of aromatic nitrogens is 2. The lowest BCUT2D eigenvalue weighted by molar-refractivity contribution is 0.0582. The second-order valence-electron chi connectivity index (χ2n) is 9.34. The number of amides is 1. The number of carbonyl (C=O) groups excluding carboxylic acids is 1. The van der Waals surface area contributed by atoms with Gasteiger partial charge in [0.15, 0.2) is 0 Å². The van der Waals surface area contributed by atoms with Crippen molar-refractivity contribution in [1.82, 2.24) is 14.7 Å². The van der Waals surface area contributed by atoms with Gasteiger partial charge in [0.1, 0.15) is 17.2 Å². The van der Waals surface area contributed by atoms with E-state index in [1.807, 2.05) is 76.3 Å². The van der Waals surface area contributed by atoms with E-state index in [0.29, 0.717) is 24.4 Å². The minimum atomic E-state index is -0.0785. The van der Waals surface area contributed by atoms with Gasteiger partial charge < -0.3 is 19.5 Å². The highest BCUT2D eigenvalue weighted by Crippen LogP contribution is 2.29. The fourth-order valence-corrected chi connectivity index (χ4v) is 5.10. The van der Waals surface area contributed by atoms with Crippen LogP contribution >= 0.6 is 0 Å². The Balaban J connectivity index is 1.38. The lowest BCUT2D eigenvalue weighted by Crippen LogP contribution is -2.43. The molecule has 0 aliphatic heterocycles. The molecule has 1 amide bonds. The summed E-state index contributed by atoms with van der Waals surface area (Å²) in [5.74, 6) is 2.03. The molecule has 7 heteroatoms. The standard InChI is InChI=1S/C29H33N3O4/c1-35-28-15-12-21(18-25(28)29(34)31(16-17-33)22-8-4-2-5-9-22)20-32-27-19-24(13-14-26(27)30-32)36-23-10-6-3-7-11-23/h3,6-7,10-15,18-19,22,30,33H,2,4-5,8-9,16-17,20H2,1H3. The van der Waals surface area contributed by atoms with Crippen LogP contribution < -0.4 is 9.47 Å². The van der Waals surface area contributed by atoms with E-state index in [0.717, 1.165) is 53.8 Å². The molecule has 7 nitrogen and oxygen atoms in total. The number of aromatic amines is 1. The van der Waals surface area contributed by atoms with Crippen LogP contribution in [0.25, 0.3) is 11.0 Å². The number of para-hydroxylation sites is 1. The molecule has 0 unspecified atom stereocenters. The number of nitrogens with one attached hydrogen (secondary N) is 1. The summed E-state index contributed by atoms with van der Waals surface area (Å²) in [4.78, 5) is 15.5. The van der Waals surface area contributed by atoms with Gasteiger partial charge in [-0.1, -0.05) is 43.5 Å². The van der Waals surface area contributed by atoms with Crippen LogP contribution in [0.3, 0.4) is 0 Å². The third-order valence-corrected chi connectivity index (χ3v) is 6.95. The van der Waals surface area contributed by atoms with Gasteiger partial charge in [-0.25, -0.2) is 0 Å². The SMILES string of the molecule is COc1ccc(Cn2[nH]c3ccc(Oc4ccccc4)cc32)cc1C(=O)N(CCO)C1CCCCC1. The van der Waals surface area contributed by atoms with E-state index in [4.69, 9.17) is 9.47 Å². The van der Waals surface area contributed by atoms with Crippen LogP contribution in [0.4, 0.5) is 0 Å². The Morgan fingerprint density at radius 2 is 1.83 bits per heavy atom. The second kappa shape index (κ2) is 10.9. The van der Waals surface area contributed by atoms with Crippen molar-refractivity contribution in [1.29, 1.82) is 0 Å². The number of methoxy groups -OCH3 is 1. The minimum absolute atomic E-state index is 0.0495. The number of H-pyrrole nitrogens is 1. The van der Waals surface area contributed by atoms with Crippen molar-refractivity contribution in [2.45, 2.75) is 44.7 Å². The van der Waals surface area contributed by atoms with Gasteiger partial charge in [-0.05, 0) is 54.8 Å². The lowest BCUT2D eigenvalue weighted by atomic mass is 9.93. The van der Waals surface area contributed by atoms with E-state index < -0.39 is 0 Å². The first-order valence-electron chi connectivity index (χ1n) is 12.7. The molecule has 1 aromatic heterocycles. The van der Waals surface area contributed by atoms with Gasteiger partial charge in [0.05, 0.1) is 36.9 Å². The zero-order valence-electron chi connectivity index (χ0n) is 20.7. The van der Waals surface area contributed by atoms with Crippen LogP contribution in [-0.2, 0) is 6.54 Å². The van der Waals surface area contributed by atoms with Crippen molar-refractivity contribution < 1.29 is 19.4 Å². The molecule has 4 aromatic rings. The molecule has 5 rings (SSSR count). The van der Waals surface area contributed by atoms with Crippen molar-refractivity contribution >= 4 is 16.9 Å². The normalized spacial score (nSPS) is 14.2. The number of rotatable bonds is 9. The smallest absolute Gasteiger partial charge is 0.257 e. The van der Waals surface area contributed by atoms with Crippen LogP contribution in [0.1, 0.15) is 48.0 Å². The first-order chi connectivity index (χ1) is 17.7. The fourth-order valence-electron chi connectivity index (χ4n) is 5.10. The molecule has 188 valence electrons. The van der Waals surface area contributed by atoms with Crippen LogP contribution in [0, 0.1) is 0 Å². The molecule has 1 fully saturated rings. The predicted octanol–water partition coefficient (Wildman–Crippen LogP) is 5.59. The molecule has 0 spiro atoms. The molecule has 0 bridgehead atoms. The van der Waals surface area contributed by atoms with Gasteiger partial charge in [-0.2, -0.15) is 0 Å². The topological polar surface area (TPSA) is 79.7 Å². The quantitative estimate of drug-likeness (QED) is 0.323. The van der Waals surface area contributed by atoms with Crippen molar-refractivity contribution in [3.05, 3.63) is 77.9 Å². The van der Waals surface area contributed by atoms with Gasteiger partial charge in [0.2, 0.25) is 0 Å². The Hall–Kier alpha value is -3.71. The fraction of sp³-hybridized carbons (Fsp3) is 0.345. The largest absolute Gasteiger partial charge is 0.496 e. The Bertz CT molecular complexity index is 1300. The first-order valence-corrected chi connectivity index (χ1v) is 12.7. The summed E-state index contributed by atoms with van der Waals surface area (Å²) >= 11 is 0. The third kappa shape index (κ3) is 5.11. The number of aliphatic hydroxyl groups is 1. The van der Waals surface area contributed by atoms with Crippen LogP contribution in [0.15, 0.2) is 66.7 Å². The molecule has 2 N–H and O–H groups in total. The summed E-state index contributed by atoms with van der Waals surface area (Å²) in [5.41, 5.74) is 3.60. The molecule has 1 aliphatic rings. The number of nitrogens with zero attached hydrogens (tertiary/aromatic N) is 2. The van der Waals surface area contributed by atoms with E-state index >= 15 is 0 Å². The van der Waals surface area contributed by atoms with E-state index in [-0.39, 0.29) is 18.6 Å². The predicted molar refractivity (Wildman–Crippen MR) is 140 cm³/mol. The van der Waals surface area contributed by atoms with Gasteiger partial charge in [-0.3, -0.25) is 14.6 Å². The van der Waals surface area contributed by atoms with E-state index in [1.54, 1.807) is 7.11 Å². The summed E-state index contributed by atoms with van der Waals surface area (Å²) in [6.07, 6.45) is 5.41. The maximum Gasteiger partial charge on any atom is 0.257 e. The van der Waals surface area contributed by atoms with Gasteiger partial charge in [-0.15, -0.1) is 0 Å². The molecule has 1 aliphatic carbocycles. The summed E-state index contributed by atoms with van der Waals surface area (Å²) < 4.78 is 13.6. The number of fused-ring (bicyclic) bond motifs is 1. The monoisotopic (exact) mass is 487 g/mol. The molecule has 0 radical (unpaired) electrons. The van der Waals surface area contributed by atoms with Gasteiger partial charge in [0.25, 0.3) is 5.91 Å². The average Bonchev–Trinajstić information content (AvgIpc) is 2.92. The Kier molecular flexibility index (Phi) is 7.28. The van der Waals surface area contributed by atoms with Crippen molar-refractivity contribution in [2.24, 2.45) is 0 Å². The molecule has 3 aromatic carbocycles. The van der Waals surface area contributed by atoms with Gasteiger partial charge >= 0.3 is 0 Å². The van der Waals surface area contributed by atoms with E-state index in [2.05, 4.69) is 5.10 Å². The number of carbonyl (C=O) groups is 1. The molecular weight excluding hydrogens is 454 g/mol. The van der Waals surface area contributed by atoms with E-state index in [9.17, 15) is 9.90 Å². The molecule has 0 atom stereocenters. The number of hydrogen-bond donors (Lipinski definition) is 2. The van der Waals surface area contributed by atoms with Gasteiger partial charge in [0, 0.05) is 18.7 Å². The minimum Gasteiger partial charge on any atom is -0.496 e. The molecular formula is C29H33N3O4. The number of ether oxygens (including phenoxy) is 2. The van der Waals surface area contributed by atoms with Crippen molar-refractivity contribution in [3.63, 3.8) is 0 Å². The Morgan fingerprint density at radius 1 is 1.03 bits per heavy atom. The molecule has 1 heterocycles. The number of hydrogen-bond acceptors (Lipinski definition) is 4. The highest BCUT2D eigenvalue weighted by Gasteiger charge is 2.28. The molecule has 0 saturated heterocycles. The number of benzene rings is 3. The summed E-state index contributed by atoms with van der Waals surface area (Å²) in [6.45, 7) is 0.865. The summed E-state index contributed by atoms with van der Waals surface area (Å²) in [5, 5.41) is 13.0. The van der Waals surface area contributed by atoms with E-state index in [1.165, 1.54) is 6.42 Å². The molecule has 1 saturated carbocycles. The van der Waals surface area contributed by atoms with Crippen molar-refractivity contribution in [3.8, 4) is 17.2 Å². The highest BCUT2D eigenvalue weighted by molar-refractivity contribution is 5.97. The Labute approximate surface area is 211 Å². The Morgan fingerprint density at radius 3 is 2.58 bits per heavy atom. The second-order valence-corrected chi connectivity index (χ2v) is 9.34. The summed E-state index contributed by atoms with van der Waals surface area (Å²) in [7, 11) is 1.59. The summed E-state index contributed by atoms with van der Waals surface area (Å²) in [6, 6.07) is 21.6. The first kappa shape index (κ1) is 24.0. The van der Waals surface area contributed by atoms with Crippen LogP contribution in [0.5, 0.6) is 17.2 Å².